The Kier molecular flexibility index (Phi) is 4.80. The number of carbonyl (C=O) groups excluding carboxylic acids is 1. The molecule has 2 heterocycles. The van der Waals surface area contributed by atoms with Crippen molar-refractivity contribution in [1.29, 1.82) is 0 Å². The summed E-state index contributed by atoms with van der Waals surface area (Å²) in [6, 6.07) is 11.1. The molecule has 0 atom stereocenters. The van der Waals surface area contributed by atoms with E-state index >= 15 is 0 Å². The Morgan fingerprint density at radius 1 is 0.931 bits per heavy atom. The smallest absolute Gasteiger partial charge is 0.274 e. The molecule has 29 heavy (non-hydrogen) atoms. The SMILES string of the molecule is Cc1cc(C)c(Nc2nc(C)cc(C(=O)Nc3ccc4c(c3)OCO4)n2)c(C)c1. The van der Waals surface area contributed by atoms with Crippen LogP contribution in [0.25, 0.3) is 0 Å². The predicted octanol–water partition coefficient (Wildman–Crippen LogP) is 4.43. The molecule has 3 aromatic rings. The Morgan fingerprint density at radius 2 is 1.66 bits per heavy atom. The van der Waals surface area contributed by atoms with Gasteiger partial charge in [-0.25, -0.2) is 9.97 Å². The van der Waals surface area contributed by atoms with Gasteiger partial charge in [-0.15, -0.1) is 0 Å². The molecule has 148 valence electrons. The predicted molar refractivity (Wildman–Crippen MR) is 111 cm³/mol. The molecule has 4 rings (SSSR count). The van der Waals surface area contributed by atoms with E-state index in [1.165, 1.54) is 5.56 Å². The lowest BCUT2D eigenvalue weighted by Crippen LogP contribution is -2.15. The Bertz CT molecular complexity index is 1090. The third kappa shape index (κ3) is 3.99. The number of anilines is 3. The fraction of sp³-hybridized carbons (Fsp3) is 0.227. The Hall–Kier alpha value is -3.61. The van der Waals surface area contributed by atoms with Crippen LogP contribution in [0.5, 0.6) is 11.5 Å². The van der Waals surface area contributed by atoms with Gasteiger partial charge in [-0.05, 0) is 57.0 Å². The normalized spacial score (nSPS) is 12.0. The summed E-state index contributed by atoms with van der Waals surface area (Å²) in [5.41, 5.74) is 5.91. The molecule has 1 aliphatic heterocycles. The number of aromatic nitrogens is 2. The van der Waals surface area contributed by atoms with E-state index in [0.717, 1.165) is 16.8 Å². The summed E-state index contributed by atoms with van der Waals surface area (Å²) in [6.07, 6.45) is 0. The minimum Gasteiger partial charge on any atom is -0.454 e. The van der Waals surface area contributed by atoms with Gasteiger partial charge in [-0.3, -0.25) is 4.79 Å². The van der Waals surface area contributed by atoms with Crippen molar-refractivity contribution in [2.45, 2.75) is 27.7 Å². The van der Waals surface area contributed by atoms with E-state index in [0.29, 0.717) is 28.8 Å². The summed E-state index contributed by atoms with van der Waals surface area (Å²) in [6.45, 7) is 8.14. The third-order valence-electron chi connectivity index (χ3n) is 4.63. The molecule has 0 unspecified atom stereocenters. The second kappa shape index (κ2) is 7.43. The first kappa shape index (κ1) is 18.7. The van der Waals surface area contributed by atoms with E-state index in [9.17, 15) is 4.79 Å². The zero-order valence-electron chi connectivity index (χ0n) is 16.8. The summed E-state index contributed by atoms with van der Waals surface area (Å²) in [4.78, 5) is 21.6. The highest BCUT2D eigenvalue weighted by molar-refractivity contribution is 6.03. The van der Waals surface area contributed by atoms with Gasteiger partial charge in [-0.2, -0.15) is 0 Å². The van der Waals surface area contributed by atoms with Crippen molar-refractivity contribution in [3.05, 3.63) is 64.5 Å². The number of amides is 1. The topological polar surface area (TPSA) is 85.4 Å². The quantitative estimate of drug-likeness (QED) is 0.685. The molecule has 0 radical (unpaired) electrons. The average Bonchev–Trinajstić information content (AvgIpc) is 3.12. The standard InChI is InChI=1S/C22H22N4O3/c1-12-7-13(2)20(14(3)8-12)26-22-23-15(4)9-17(25-22)21(27)24-16-5-6-18-19(10-16)29-11-28-18/h5-10H,11H2,1-4H3,(H,24,27)(H,23,25,26). The lowest BCUT2D eigenvalue weighted by molar-refractivity contribution is 0.102. The maximum atomic E-state index is 12.7. The second-order valence-electron chi connectivity index (χ2n) is 7.14. The van der Waals surface area contributed by atoms with Crippen molar-refractivity contribution in [3.8, 4) is 11.5 Å². The maximum Gasteiger partial charge on any atom is 0.274 e. The van der Waals surface area contributed by atoms with Crippen LogP contribution in [0, 0.1) is 27.7 Å². The van der Waals surface area contributed by atoms with Crippen molar-refractivity contribution in [1.82, 2.24) is 9.97 Å². The average molecular weight is 390 g/mol. The molecule has 7 nitrogen and oxygen atoms in total. The first-order valence-electron chi connectivity index (χ1n) is 9.30. The molecule has 0 bridgehead atoms. The van der Waals surface area contributed by atoms with Gasteiger partial charge in [0.15, 0.2) is 11.5 Å². The zero-order chi connectivity index (χ0) is 20.5. The molecule has 1 aromatic heterocycles. The van der Waals surface area contributed by atoms with Crippen molar-refractivity contribution < 1.29 is 14.3 Å². The molecule has 0 spiro atoms. The lowest BCUT2D eigenvalue weighted by atomic mass is 10.1. The summed E-state index contributed by atoms with van der Waals surface area (Å²) >= 11 is 0. The van der Waals surface area contributed by atoms with Crippen molar-refractivity contribution in [2.75, 3.05) is 17.4 Å². The van der Waals surface area contributed by atoms with Gasteiger partial charge in [0.05, 0.1) is 0 Å². The van der Waals surface area contributed by atoms with Crippen molar-refractivity contribution >= 4 is 23.2 Å². The van der Waals surface area contributed by atoms with Crippen LogP contribution in [0.15, 0.2) is 36.4 Å². The molecule has 2 N–H and O–H groups in total. The van der Waals surface area contributed by atoms with Gasteiger partial charge >= 0.3 is 0 Å². The number of nitrogens with one attached hydrogen (secondary N) is 2. The van der Waals surface area contributed by atoms with Gasteiger partial charge in [0.1, 0.15) is 5.69 Å². The van der Waals surface area contributed by atoms with Gasteiger partial charge in [0, 0.05) is 23.1 Å². The van der Waals surface area contributed by atoms with E-state index in [-0.39, 0.29) is 18.4 Å². The highest BCUT2D eigenvalue weighted by Crippen LogP contribution is 2.34. The molecule has 0 fully saturated rings. The van der Waals surface area contributed by atoms with Crippen LogP contribution >= 0.6 is 0 Å². The van der Waals surface area contributed by atoms with Crippen LogP contribution in [-0.4, -0.2) is 22.7 Å². The molecule has 0 saturated heterocycles. The van der Waals surface area contributed by atoms with E-state index in [1.54, 1.807) is 24.3 Å². The minimum absolute atomic E-state index is 0.185. The highest BCUT2D eigenvalue weighted by Gasteiger charge is 2.16. The molecule has 1 aliphatic rings. The Labute approximate surface area is 169 Å². The van der Waals surface area contributed by atoms with Gasteiger partial charge in [0.2, 0.25) is 12.7 Å². The number of nitrogens with zero attached hydrogens (tertiary/aromatic N) is 2. The maximum absolute atomic E-state index is 12.7. The molecule has 0 saturated carbocycles. The van der Waals surface area contributed by atoms with Crippen LogP contribution in [-0.2, 0) is 0 Å². The number of rotatable bonds is 4. The minimum atomic E-state index is -0.324. The van der Waals surface area contributed by atoms with Gasteiger partial charge in [0.25, 0.3) is 5.91 Å². The first-order valence-corrected chi connectivity index (χ1v) is 9.30. The zero-order valence-corrected chi connectivity index (χ0v) is 16.8. The summed E-state index contributed by atoms with van der Waals surface area (Å²) in [5.74, 6) is 1.33. The number of aryl methyl sites for hydroxylation is 4. The summed E-state index contributed by atoms with van der Waals surface area (Å²) < 4.78 is 10.6. The molecule has 0 aliphatic carbocycles. The van der Waals surface area contributed by atoms with Crippen LogP contribution < -0.4 is 20.1 Å². The van der Waals surface area contributed by atoms with Crippen molar-refractivity contribution in [3.63, 3.8) is 0 Å². The monoisotopic (exact) mass is 390 g/mol. The molecular weight excluding hydrogens is 368 g/mol. The Morgan fingerprint density at radius 3 is 2.41 bits per heavy atom. The number of benzene rings is 2. The number of hydrogen-bond donors (Lipinski definition) is 2. The van der Waals surface area contributed by atoms with E-state index in [1.807, 2.05) is 20.8 Å². The van der Waals surface area contributed by atoms with Crippen LogP contribution in [0.1, 0.15) is 32.9 Å². The molecular formula is C22H22N4O3. The lowest BCUT2D eigenvalue weighted by Gasteiger charge is -2.14. The largest absolute Gasteiger partial charge is 0.454 e. The van der Waals surface area contributed by atoms with E-state index < -0.39 is 0 Å². The first-order chi connectivity index (χ1) is 13.9. The van der Waals surface area contributed by atoms with Crippen LogP contribution in [0.4, 0.5) is 17.3 Å². The van der Waals surface area contributed by atoms with Gasteiger partial charge < -0.3 is 20.1 Å². The molecule has 7 heteroatoms. The number of hydrogen-bond acceptors (Lipinski definition) is 6. The van der Waals surface area contributed by atoms with Crippen molar-refractivity contribution in [2.24, 2.45) is 0 Å². The number of ether oxygens (including phenoxy) is 2. The second-order valence-corrected chi connectivity index (χ2v) is 7.14. The van der Waals surface area contributed by atoms with E-state index in [4.69, 9.17) is 9.47 Å². The van der Waals surface area contributed by atoms with E-state index in [2.05, 4.69) is 39.7 Å². The molecule has 1 amide bonds. The summed E-state index contributed by atoms with van der Waals surface area (Å²) in [7, 11) is 0. The summed E-state index contributed by atoms with van der Waals surface area (Å²) in [5, 5.41) is 6.11. The Balaban J connectivity index is 1.57. The number of carbonyl (C=O) groups is 1. The third-order valence-corrected chi connectivity index (χ3v) is 4.63. The molecule has 2 aromatic carbocycles. The van der Waals surface area contributed by atoms with Gasteiger partial charge in [-0.1, -0.05) is 17.7 Å². The fourth-order valence-corrected chi connectivity index (χ4v) is 3.40. The highest BCUT2D eigenvalue weighted by atomic mass is 16.7. The van der Waals surface area contributed by atoms with Crippen LogP contribution in [0.2, 0.25) is 0 Å². The fourth-order valence-electron chi connectivity index (χ4n) is 3.40. The van der Waals surface area contributed by atoms with Crippen LogP contribution in [0.3, 0.4) is 0 Å². The number of fused-ring (bicyclic) bond motifs is 1.